The van der Waals surface area contributed by atoms with Crippen LogP contribution in [0.25, 0.3) is 0 Å². The summed E-state index contributed by atoms with van der Waals surface area (Å²) in [6.07, 6.45) is 0. The molecule has 1 heterocycles. The molecule has 0 aliphatic carbocycles. The van der Waals surface area contributed by atoms with Gasteiger partial charge < -0.3 is 15.5 Å². The number of nitrogens with zero attached hydrogens (tertiary/aromatic N) is 2. The van der Waals surface area contributed by atoms with Crippen molar-refractivity contribution in [1.82, 2.24) is 10.2 Å². The number of guanidine groups is 1. The minimum atomic E-state index is -1.62. The van der Waals surface area contributed by atoms with E-state index >= 15 is 0 Å². The zero-order chi connectivity index (χ0) is 20.0. The summed E-state index contributed by atoms with van der Waals surface area (Å²) in [5.41, 5.74) is -0.409. The van der Waals surface area contributed by atoms with E-state index in [9.17, 15) is 18.0 Å². The molecule has 2 rings (SSSR count). The molecule has 1 amide bonds. The van der Waals surface area contributed by atoms with Crippen molar-refractivity contribution >= 4 is 29.3 Å². The van der Waals surface area contributed by atoms with E-state index in [0.29, 0.717) is 23.7 Å². The van der Waals surface area contributed by atoms with Crippen molar-refractivity contribution < 1.29 is 18.0 Å². The predicted molar refractivity (Wildman–Crippen MR) is 104 cm³/mol. The molecule has 0 spiro atoms. The van der Waals surface area contributed by atoms with Crippen molar-refractivity contribution in [3.05, 3.63) is 29.6 Å². The molecule has 1 aromatic rings. The molecule has 0 radical (unpaired) electrons. The Morgan fingerprint density at radius 3 is 2.74 bits per heavy atom. The molecule has 1 fully saturated rings. The molecule has 150 valence electrons. The molecular formula is C18H25F3N4OS. The van der Waals surface area contributed by atoms with Crippen LogP contribution in [0, 0.1) is 23.4 Å². The zero-order valence-electron chi connectivity index (χ0n) is 15.7. The van der Waals surface area contributed by atoms with Crippen LogP contribution in [0.4, 0.5) is 18.9 Å². The fourth-order valence-electron chi connectivity index (χ4n) is 2.66. The van der Waals surface area contributed by atoms with E-state index in [1.54, 1.807) is 0 Å². The molecule has 0 saturated carbocycles. The van der Waals surface area contributed by atoms with Gasteiger partial charge in [0.2, 0.25) is 5.91 Å². The van der Waals surface area contributed by atoms with Crippen molar-refractivity contribution in [2.24, 2.45) is 10.9 Å². The number of thioether (sulfide) groups is 1. The molecule has 1 aliphatic rings. The lowest BCUT2D eigenvalue weighted by Crippen LogP contribution is -2.49. The monoisotopic (exact) mass is 402 g/mol. The number of anilines is 1. The van der Waals surface area contributed by atoms with Crippen LogP contribution in [0.15, 0.2) is 17.1 Å². The van der Waals surface area contributed by atoms with Crippen molar-refractivity contribution in [2.45, 2.75) is 26.0 Å². The van der Waals surface area contributed by atoms with Gasteiger partial charge in [0.25, 0.3) is 0 Å². The van der Waals surface area contributed by atoms with Gasteiger partial charge in [0.15, 0.2) is 23.4 Å². The van der Waals surface area contributed by atoms with Gasteiger partial charge in [-0.3, -0.25) is 4.79 Å². The summed E-state index contributed by atoms with van der Waals surface area (Å²) < 4.78 is 39.9. The van der Waals surface area contributed by atoms with Crippen LogP contribution in [0.3, 0.4) is 0 Å². The third-order valence-corrected chi connectivity index (χ3v) is 5.69. The van der Waals surface area contributed by atoms with Gasteiger partial charge in [0.1, 0.15) is 6.54 Å². The van der Waals surface area contributed by atoms with Gasteiger partial charge in [0.05, 0.1) is 5.69 Å². The summed E-state index contributed by atoms with van der Waals surface area (Å²) in [7, 11) is 0. The first-order valence-corrected chi connectivity index (χ1v) is 9.96. The van der Waals surface area contributed by atoms with E-state index in [1.165, 1.54) is 0 Å². The molecule has 1 aromatic carbocycles. The highest BCUT2D eigenvalue weighted by Crippen LogP contribution is 2.25. The third kappa shape index (κ3) is 5.79. The van der Waals surface area contributed by atoms with Gasteiger partial charge in [-0.2, -0.15) is 11.8 Å². The average molecular weight is 402 g/mol. The molecule has 2 N–H and O–H groups in total. The third-order valence-electron chi connectivity index (χ3n) is 4.15. The smallest absolute Gasteiger partial charge is 0.246 e. The molecule has 5 nitrogen and oxygen atoms in total. The summed E-state index contributed by atoms with van der Waals surface area (Å²) in [5.74, 6) is -2.84. The molecular weight excluding hydrogens is 377 g/mol. The Bertz CT molecular complexity index is 699. The Morgan fingerprint density at radius 1 is 1.33 bits per heavy atom. The largest absolute Gasteiger partial charge is 0.357 e. The number of carbonyl (C=O) groups is 1. The molecule has 1 saturated heterocycles. The van der Waals surface area contributed by atoms with Crippen molar-refractivity contribution in [1.29, 1.82) is 0 Å². The van der Waals surface area contributed by atoms with Crippen molar-refractivity contribution in [3.8, 4) is 0 Å². The SMILES string of the molecule is CCNC(=NCC(=O)Nc1ccc(F)c(F)c1F)N1CCSC(C(C)C)C1. The van der Waals surface area contributed by atoms with E-state index in [2.05, 4.69) is 34.4 Å². The second-order valence-corrected chi connectivity index (χ2v) is 7.89. The first-order chi connectivity index (χ1) is 12.8. The van der Waals surface area contributed by atoms with E-state index in [1.807, 2.05) is 18.7 Å². The molecule has 1 unspecified atom stereocenters. The molecule has 27 heavy (non-hydrogen) atoms. The van der Waals surface area contributed by atoms with Gasteiger partial charge in [-0.1, -0.05) is 13.8 Å². The quantitative estimate of drug-likeness (QED) is 0.452. The summed E-state index contributed by atoms with van der Waals surface area (Å²) in [4.78, 5) is 18.5. The first kappa shape index (κ1) is 21.4. The maximum absolute atomic E-state index is 13.7. The number of halogens is 3. The number of benzene rings is 1. The minimum absolute atomic E-state index is 0.253. The van der Waals surface area contributed by atoms with Gasteiger partial charge in [-0.15, -0.1) is 0 Å². The number of rotatable bonds is 5. The van der Waals surface area contributed by atoms with E-state index < -0.39 is 29.0 Å². The lowest BCUT2D eigenvalue weighted by molar-refractivity contribution is -0.114. The number of carbonyl (C=O) groups excluding carboxylic acids is 1. The van der Waals surface area contributed by atoms with Gasteiger partial charge >= 0.3 is 0 Å². The number of nitrogens with one attached hydrogen (secondary N) is 2. The summed E-state index contributed by atoms with van der Waals surface area (Å²) in [6, 6.07) is 1.74. The minimum Gasteiger partial charge on any atom is -0.357 e. The van der Waals surface area contributed by atoms with Gasteiger partial charge in [-0.05, 0) is 25.0 Å². The topological polar surface area (TPSA) is 56.7 Å². The summed E-state index contributed by atoms with van der Waals surface area (Å²) >= 11 is 1.93. The number of hydrogen-bond acceptors (Lipinski definition) is 3. The van der Waals surface area contributed by atoms with Crippen molar-refractivity contribution in [3.63, 3.8) is 0 Å². The van der Waals surface area contributed by atoms with Gasteiger partial charge in [0, 0.05) is 30.6 Å². The number of aliphatic imine (C=N–C) groups is 1. The van der Waals surface area contributed by atoms with E-state index in [4.69, 9.17) is 0 Å². The highest BCUT2D eigenvalue weighted by atomic mass is 32.2. The van der Waals surface area contributed by atoms with Crippen LogP contribution in [-0.2, 0) is 4.79 Å². The predicted octanol–water partition coefficient (Wildman–Crippen LogP) is 3.08. The first-order valence-electron chi connectivity index (χ1n) is 8.91. The van der Waals surface area contributed by atoms with Crippen LogP contribution in [0.2, 0.25) is 0 Å². The van der Waals surface area contributed by atoms with E-state index in [0.717, 1.165) is 31.0 Å². The maximum atomic E-state index is 13.7. The Morgan fingerprint density at radius 2 is 2.07 bits per heavy atom. The van der Waals surface area contributed by atoms with Crippen LogP contribution in [-0.4, -0.2) is 53.9 Å². The fourth-order valence-corrected chi connectivity index (χ4v) is 3.95. The Hall–Kier alpha value is -1.90. The molecule has 1 aliphatic heterocycles. The summed E-state index contributed by atoms with van der Waals surface area (Å²) in [5, 5.41) is 5.87. The zero-order valence-corrected chi connectivity index (χ0v) is 16.5. The summed E-state index contributed by atoms with van der Waals surface area (Å²) in [6.45, 7) is 8.33. The number of hydrogen-bond donors (Lipinski definition) is 2. The second-order valence-electron chi connectivity index (χ2n) is 6.54. The van der Waals surface area contributed by atoms with Gasteiger partial charge in [-0.25, -0.2) is 18.2 Å². The lowest BCUT2D eigenvalue weighted by atomic mass is 10.1. The molecule has 0 bridgehead atoms. The molecule has 9 heteroatoms. The van der Waals surface area contributed by atoms with E-state index in [-0.39, 0.29) is 6.54 Å². The molecule has 1 atom stereocenters. The normalized spacial score (nSPS) is 18.0. The van der Waals surface area contributed by atoms with Crippen LogP contribution >= 0.6 is 11.8 Å². The second kappa shape index (κ2) is 9.87. The highest BCUT2D eigenvalue weighted by molar-refractivity contribution is 8.00. The fraction of sp³-hybridized carbons (Fsp3) is 0.556. The Balaban J connectivity index is 2.03. The van der Waals surface area contributed by atoms with Crippen LogP contribution in [0.5, 0.6) is 0 Å². The number of amides is 1. The lowest BCUT2D eigenvalue weighted by Gasteiger charge is -2.36. The van der Waals surface area contributed by atoms with Crippen LogP contribution in [0.1, 0.15) is 20.8 Å². The highest BCUT2D eigenvalue weighted by Gasteiger charge is 2.25. The Labute approximate surface area is 161 Å². The standard InChI is InChI=1S/C18H25F3N4OS/c1-4-22-18(25-7-8-27-14(10-25)11(2)3)23-9-15(26)24-13-6-5-12(19)16(20)17(13)21/h5-6,11,14H,4,7-10H2,1-3H3,(H,22,23)(H,24,26). The van der Waals surface area contributed by atoms with Crippen LogP contribution < -0.4 is 10.6 Å². The average Bonchev–Trinajstić information content (AvgIpc) is 2.65. The molecule has 0 aromatic heterocycles. The maximum Gasteiger partial charge on any atom is 0.246 e. The Kier molecular flexibility index (Phi) is 7.82. The van der Waals surface area contributed by atoms with Crippen molar-refractivity contribution in [2.75, 3.05) is 37.2 Å².